The first-order valence-corrected chi connectivity index (χ1v) is 12.7. The molecule has 186 valence electrons. The number of benzene rings is 3. The van der Waals surface area contributed by atoms with Crippen molar-refractivity contribution in [2.45, 2.75) is 52.2 Å². The van der Waals surface area contributed by atoms with E-state index in [-0.39, 0.29) is 18.4 Å². The molecule has 3 aromatic carbocycles. The molecule has 1 amide bonds. The van der Waals surface area contributed by atoms with Crippen LogP contribution < -0.4 is 9.64 Å². The molecule has 1 aliphatic heterocycles. The Bertz CT molecular complexity index is 1380. The molecule has 1 aliphatic rings. The zero-order valence-corrected chi connectivity index (χ0v) is 21.1. The number of nitrogens with zero attached hydrogens (tertiary/aromatic N) is 3. The van der Waals surface area contributed by atoms with Gasteiger partial charge >= 0.3 is 0 Å². The molecule has 1 aromatic heterocycles. The van der Waals surface area contributed by atoms with Crippen molar-refractivity contribution >= 4 is 22.6 Å². The lowest BCUT2D eigenvalue weighted by atomic mass is 10.1. The first-order valence-electron chi connectivity index (χ1n) is 12.7. The summed E-state index contributed by atoms with van der Waals surface area (Å²) in [5.74, 6) is 1.66. The second kappa shape index (κ2) is 10.2. The Morgan fingerprint density at radius 3 is 2.61 bits per heavy atom. The molecule has 2 heterocycles. The predicted molar refractivity (Wildman–Crippen MR) is 143 cm³/mol. The fourth-order valence-corrected chi connectivity index (χ4v) is 5.05. The number of carbonyl (C=O) groups is 1. The quantitative estimate of drug-likeness (QED) is 0.375. The van der Waals surface area contributed by atoms with Crippen molar-refractivity contribution < 1.29 is 14.6 Å². The summed E-state index contributed by atoms with van der Waals surface area (Å²) >= 11 is 0. The van der Waals surface area contributed by atoms with E-state index < -0.39 is 6.10 Å². The summed E-state index contributed by atoms with van der Waals surface area (Å²) in [5, 5.41) is 10.9. The van der Waals surface area contributed by atoms with Gasteiger partial charge in [-0.1, -0.05) is 48.9 Å². The molecule has 5 rings (SSSR count). The Hall–Kier alpha value is -3.64. The molecule has 1 saturated heterocycles. The maximum absolute atomic E-state index is 13.0. The van der Waals surface area contributed by atoms with Gasteiger partial charge in [-0.2, -0.15) is 0 Å². The summed E-state index contributed by atoms with van der Waals surface area (Å²) in [6.45, 7) is 7.27. The van der Waals surface area contributed by atoms with E-state index in [0.717, 1.165) is 40.3 Å². The van der Waals surface area contributed by atoms with Gasteiger partial charge in [0.2, 0.25) is 5.91 Å². The third-order valence-electron chi connectivity index (χ3n) is 6.99. The van der Waals surface area contributed by atoms with Crippen LogP contribution in [0.2, 0.25) is 0 Å². The summed E-state index contributed by atoms with van der Waals surface area (Å²) in [6.07, 6.45) is 0.640. The van der Waals surface area contributed by atoms with E-state index in [4.69, 9.17) is 9.72 Å². The lowest BCUT2D eigenvalue weighted by Gasteiger charge is -2.19. The number of carbonyl (C=O) groups excluding carboxylic acids is 1. The van der Waals surface area contributed by atoms with Crippen LogP contribution >= 0.6 is 0 Å². The zero-order valence-electron chi connectivity index (χ0n) is 21.1. The van der Waals surface area contributed by atoms with Crippen molar-refractivity contribution in [2.75, 3.05) is 18.1 Å². The van der Waals surface area contributed by atoms with E-state index in [9.17, 15) is 9.90 Å². The van der Waals surface area contributed by atoms with Crippen LogP contribution in [0.3, 0.4) is 0 Å². The summed E-state index contributed by atoms with van der Waals surface area (Å²) in [5.41, 5.74) is 6.22. The number of fused-ring (bicyclic) bond motifs is 1. The standard InChI is InChI=1S/C30H33N3O3/c1-4-22-10-12-24(13-11-22)32-17-23(16-29(32)35)30-31-26-7-5-6-8-27(26)33(30)18-25(34)19-36-28-14-9-20(2)15-21(28)3/h5-15,23,25,34H,4,16-19H2,1-3H3/t23-,25-/m0/s1. The predicted octanol–water partition coefficient (Wildman–Crippen LogP) is 5.18. The van der Waals surface area contributed by atoms with Gasteiger partial charge in [0.05, 0.1) is 17.6 Å². The van der Waals surface area contributed by atoms with Gasteiger partial charge in [-0.25, -0.2) is 4.98 Å². The normalized spacial score (nSPS) is 16.6. The molecule has 4 aromatic rings. The molecule has 0 saturated carbocycles. The van der Waals surface area contributed by atoms with Crippen LogP contribution in [-0.2, 0) is 17.8 Å². The Labute approximate surface area is 212 Å². The van der Waals surface area contributed by atoms with Crippen molar-refractivity contribution in [3.05, 3.63) is 89.2 Å². The number of amides is 1. The summed E-state index contributed by atoms with van der Waals surface area (Å²) in [4.78, 5) is 19.8. The van der Waals surface area contributed by atoms with Gasteiger partial charge in [0.25, 0.3) is 0 Å². The van der Waals surface area contributed by atoms with Gasteiger partial charge in [-0.15, -0.1) is 0 Å². The fraction of sp³-hybridized carbons (Fsp3) is 0.333. The maximum atomic E-state index is 13.0. The van der Waals surface area contributed by atoms with Crippen LogP contribution in [0.25, 0.3) is 11.0 Å². The topological polar surface area (TPSA) is 67.6 Å². The molecule has 1 N–H and O–H groups in total. The highest BCUT2D eigenvalue weighted by atomic mass is 16.5. The number of para-hydroxylation sites is 2. The lowest BCUT2D eigenvalue weighted by molar-refractivity contribution is -0.117. The molecule has 0 bridgehead atoms. The Morgan fingerprint density at radius 1 is 1.08 bits per heavy atom. The summed E-state index contributed by atoms with van der Waals surface area (Å²) < 4.78 is 8.01. The average molecular weight is 484 g/mol. The molecule has 1 fully saturated rings. The van der Waals surface area contributed by atoms with Crippen LogP contribution in [0.4, 0.5) is 5.69 Å². The largest absolute Gasteiger partial charge is 0.491 e. The van der Waals surface area contributed by atoms with Crippen LogP contribution in [0.15, 0.2) is 66.7 Å². The number of aryl methyl sites for hydroxylation is 3. The Kier molecular flexibility index (Phi) is 6.79. The van der Waals surface area contributed by atoms with E-state index in [2.05, 4.69) is 29.7 Å². The van der Waals surface area contributed by atoms with Gasteiger partial charge < -0.3 is 19.3 Å². The SMILES string of the molecule is CCc1ccc(N2C[C@@H](c3nc4ccccc4n3C[C@H](O)COc3ccc(C)cc3C)CC2=O)cc1. The molecular weight excluding hydrogens is 450 g/mol. The third kappa shape index (κ3) is 4.86. The number of anilines is 1. The fourth-order valence-electron chi connectivity index (χ4n) is 5.05. The molecule has 0 radical (unpaired) electrons. The molecular formula is C30H33N3O3. The molecule has 6 nitrogen and oxygen atoms in total. The van der Waals surface area contributed by atoms with Crippen LogP contribution in [-0.4, -0.2) is 39.8 Å². The highest BCUT2D eigenvalue weighted by Crippen LogP contribution is 2.33. The van der Waals surface area contributed by atoms with Gasteiger partial charge in [0.1, 0.15) is 24.3 Å². The Balaban J connectivity index is 1.36. The monoisotopic (exact) mass is 483 g/mol. The van der Waals surface area contributed by atoms with Crippen LogP contribution in [0.5, 0.6) is 5.75 Å². The highest BCUT2D eigenvalue weighted by molar-refractivity contribution is 5.96. The van der Waals surface area contributed by atoms with Gasteiger partial charge in [-0.05, 0) is 61.7 Å². The highest BCUT2D eigenvalue weighted by Gasteiger charge is 2.35. The number of aliphatic hydroxyl groups excluding tert-OH is 1. The van der Waals surface area contributed by atoms with Crippen molar-refractivity contribution in [1.82, 2.24) is 9.55 Å². The average Bonchev–Trinajstić information content (AvgIpc) is 3.44. The van der Waals surface area contributed by atoms with Crippen LogP contribution in [0.1, 0.15) is 41.8 Å². The minimum absolute atomic E-state index is 0.0526. The molecule has 0 aliphatic carbocycles. The van der Waals surface area contributed by atoms with Crippen molar-refractivity contribution in [3.8, 4) is 5.75 Å². The smallest absolute Gasteiger partial charge is 0.227 e. The van der Waals surface area contributed by atoms with E-state index in [1.165, 1.54) is 11.1 Å². The van der Waals surface area contributed by atoms with Crippen molar-refractivity contribution in [2.24, 2.45) is 0 Å². The molecule has 2 atom stereocenters. The van der Waals surface area contributed by atoms with E-state index >= 15 is 0 Å². The first-order chi connectivity index (χ1) is 17.4. The number of rotatable bonds is 8. The number of aromatic nitrogens is 2. The minimum Gasteiger partial charge on any atom is -0.491 e. The van der Waals surface area contributed by atoms with E-state index in [0.29, 0.717) is 19.5 Å². The molecule has 6 heteroatoms. The van der Waals surface area contributed by atoms with Crippen LogP contribution in [0, 0.1) is 13.8 Å². The first kappa shape index (κ1) is 24.1. The van der Waals surface area contributed by atoms with E-state index in [1.807, 2.05) is 67.3 Å². The van der Waals surface area contributed by atoms with Gasteiger partial charge in [0.15, 0.2) is 0 Å². The van der Waals surface area contributed by atoms with E-state index in [1.54, 1.807) is 0 Å². The number of hydrogen-bond donors (Lipinski definition) is 1. The summed E-state index contributed by atoms with van der Waals surface area (Å²) in [7, 11) is 0. The number of hydrogen-bond acceptors (Lipinski definition) is 4. The molecule has 36 heavy (non-hydrogen) atoms. The number of aliphatic hydroxyl groups is 1. The van der Waals surface area contributed by atoms with Crippen molar-refractivity contribution in [3.63, 3.8) is 0 Å². The van der Waals surface area contributed by atoms with Gasteiger partial charge in [0, 0.05) is 24.6 Å². The number of imidazole rings is 1. The van der Waals surface area contributed by atoms with Gasteiger partial charge in [-0.3, -0.25) is 4.79 Å². The van der Waals surface area contributed by atoms with Crippen molar-refractivity contribution in [1.29, 1.82) is 0 Å². The Morgan fingerprint density at radius 2 is 1.86 bits per heavy atom. The third-order valence-corrected chi connectivity index (χ3v) is 6.99. The second-order valence-corrected chi connectivity index (χ2v) is 9.73. The lowest BCUT2D eigenvalue weighted by Crippen LogP contribution is -2.26. The number of ether oxygens (including phenoxy) is 1. The molecule has 0 spiro atoms. The zero-order chi connectivity index (χ0) is 25.2. The molecule has 0 unspecified atom stereocenters. The second-order valence-electron chi connectivity index (χ2n) is 9.73. The minimum atomic E-state index is -0.725. The summed E-state index contributed by atoms with van der Waals surface area (Å²) in [6, 6.07) is 22.2. The maximum Gasteiger partial charge on any atom is 0.227 e.